The molecule has 0 aliphatic rings. The molecule has 49 heavy (non-hydrogen) atoms. The molecule has 0 N–H and O–H groups in total. The molecule has 0 heterocycles. The normalized spacial score (nSPS) is 14.6. The van der Waals surface area contributed by atoms with Crippen molar-refractivity contribution in [1.82, 2.24) is 4.90 Å². The SMILES string of the molecule is CC(C)CCC(COC(=O)CCCCCCCCCC(C)(CCCCCCCCCC(=O)OCC(CCC(C)C)C(C)C)N(C)C)C(C)C. The van der Waals surface area contributed by atoms with Gasteiger partial charge < -0.3 is 14.4 Å². The minimum Gasteiger partial charge on any atom is -0.465 e. The van der Waals surface area contributed by atoms with E-state index in [4.69, 9.17) is 9.47 Å². The van der Waals surface area contributed by atoms with Gasteiger partial charge in [-0.25, -0.2) is 0 Å². The lowest BCUT2D eigenvalue weighted by Gasteiger charge is -2.37. The summed E-state index contributed by atoms with van der Waals surface area (Å²) in [6, 6.07) is 0. The van der Waals surface area contributed by atoms with Crippen molar-refractivity contribution in [2.45, 2.75) is 209 Å². The molecule has 0 fully saturated rings. The fraction of sp³-hybridized carbons (Fsp3) is 0.955. The van der Waals surface area contributed by atoms with Crippen LogP contribution < -0.4 is 0 Å². The molecule has 0 rings (SSSR count). The Hall–Kier alpha value is -1.10. The zero-order chi connectivity index (χ0) is 37.1. The summed E-state index contributed by atoms with van der Waals surface area (Å²) in [6.45, 7) is 21.7. The van der Waals surface area contributed by atoms with Gasteiger partial charge >= 0.3 is 11.9 Å². The van der Waals surface area contributed by atoms with Gasteiger partial charge in [0.25, 0.3) is 0 Å². The third-order valence-electron chi connectivity index (χ3n) is 11.3. The first-order valence-corrected chi connectivity index (χ1v) is 21.2. The van der Waals surface area contributed by atoms with Gasteiger partial charge in [-0.15, -0.1) is 0 Å². The van der Waals surface area contributed by atoms with Crippen LogP contribution in [0.5, 0.6) is 0 Å². The summed E-state index contributed by atoms with van der Waals surface area (Å²) >= 11 is 0. The first kappa shape index (κ1) is 47.9. The molecule has 0 radical (unpaired) electrons. The van der Waals surface area contributed by atoms with Crippen LogP contribution in [0, 0.1) is 35.5 Å². The Morgan fingerprint density at radius 1 is 0.490 bits per heavy atom. The predicted octanol–water partition coefficient (Wildman–Crippen LogP) is 12.8. The molecule has 0 aromatic carbocycles. The van der Waals surface area contributed by atoms with E-state index in [1.165, 1.54) is 89.9 Å². The second-order valence-corrected chi connectivity index (χ2v) is 17.7. The Balaban J connectivity index is 3.91. The zero-order valence-corrected chi connectivity index (χ0v) is 35.0. The van der Waals surface area contributed by atoms with Gasteiger partial charge in [0, 0.05) is 18.4 Å². The predicted molar refractivity (Wildman–Crippen MR) is 212 cm³/mol. The first-order valence-electron chi connectivity index (χ1n) is 21.2. The molecule has 0 spiro atoms. The molecule has 2 atom stereocenters. The maximum atomic E-state index is 12.3. The number of hydrogen-bond donors (Lipinski definition) is 0. The Bertz CT molecular complexity index is 732. The highest BCUT2D eigenvalue weighted by atomic mass is 16.5. The standard InChI is InChI=1S/C44H87NO4/c1-36(2)28-30-40(38(5)6)34-48-42(46)26-22-18-14-12-16-20-24-32-44(9,45(10)11)33-25-21-17-13-15-19-23-27-43(47)49-35-41(39(7)8)31-29-37(3)4/h36-41H,12-35H2,1-11H3. The second-order valence-electron chi connectivity index (χ2n) is 17.7. The molecule has 0 bridgehead atoms. The highest BCUT2D eigenvalue weighted by Crippen LogP contribution is 2.28. The Labute approximate surface area is 307 Å². The van der Waals surface area contributed by atoms with Crippen molar-refractivity contribution < 1.29 is 19.1 Å². The van der Waals surface area contributed by atoms with Gasteiger partial charge in [-0.2, -0.15) is 0 Å². The van der Waals surface area contributed by atoms with Crippen LogP contribution in [0.15, 0.2) is 0 Å². The third-order valence-corrected chi connectivity index (χ3v) is 11.3. The molecule has 5 nitrogen and oxygen atoms in total. The number of nitrogens with zero attached hydrogens (tertiary/aromatic N) is 1. The third kappa shape index (κ3) is 27.3. The van der Waals surface area contributed by atoms with Crippen LogP contribution in [0.25, 0.3) is 0 Å². The monoisotopic (exact) mass is 694 g/mol. The van der Waals surface area contributed by atoms with Crippen LogP contribution in [0.1, 0.15) is 204 Å². The van der Waals surface area contributed by atoms with Crippen LogP contribution in [-0.4, -0.2) is 49.7 Å². The average molecular weight is 694 g/mol. The summed E-state index contributed by atoms with van der Waals surface area (Å²) < 4.78 is 11.3. The van der Waals surface area contributed by atoms with Crippen LogP contribution in [0.2, 0.25) is 0 Å². The second kappa shape index (κ2) is 29.5. The van der Waals surface area contributed by atoms with Crippen molar-refractivity contribution >= 4 is 11.9 Å². The fourth-order valence-corrected chi connectivity index (χ4v) is 6.75. The summed E-state index contributed by atoms with van der Waals surface area (Å²) in [5.41, 5.74) is 0.285. The van der Waals surface area contributed by atoms with Crippen LogP contribution >= 0.6 is 0 Å². The van der Waals surface area contributed by atoms with E-state index in [9.17, 15) is 9.59 Å². The number of hydrogen-bond acceptors (Lipinski definition) is 5. The van der Waals surface area contributed by atoms with Crippen LogP contribution in [-0.2, 0) is 19.1 Å². The lowest BCUT2D eigenvalue weighted by Crippen LogP contribution is -2.41. The van der Waals surface area contributed by atoms with Crippen molar-refractivity contribution in [3.63, 3.8) is 0 Å². The minimum absolute atomic E-state index is 0.00454. The molecule has 0 saturated carbocycles. The Kier molecular flexibility index (Phi) is 28.8. The quantitative estimate of drug-likeness (QED) is 0.0506. The van der Waals surface area contributed by atoms with Gasteiger partial charge in [-0.1, -0.05) is 145 Å². The highest BCUT2D eigenvalue weighted by molar-refractivity contribution is 5.69. The van der Waals surface area contributed by atoms with E-state index in [0.29, 0.717) is 61.6 Å². The van der Waals surface area contributed by atoms with Crippen molar-refractivity contribution in [3.05, 3.63) is 0 Å². The van der Waals surface area contributed by atoms with E-state index >= 15 is 0 Å². The number of carbonyl (C=O) groups excluding carboxylic acids is 2. The molecule has 0 aromatic heterocycles. The molecule has 0 amide bonds. The highest BCUT2D eigenvalue weighted by Gasteiger charge is 2.25. The number of rotatable bonds is 33. The maximum absolute atomic E-state index is 12.3. The van der Waals surface area contributed by atoms with Gasteiger partial charge in [-0.05, 0) is 95.1 Å². The number of esters is 2. The molecule has 0 aliphatic heterocycles. The zero-order valence-electron chi connectivity index (χ0n) is 35.0. The first-order chi connectivity index (χ1) is 23.2. The van der Waals surface area contributed by atoms with Crippen molar-refractivity contribution in [3.8, 4) is 0 Å². The minimum atomic E-state index is -0.00454. The van der Waals surface area contributed by atoms with Gasteiger partial charge in [0.1, 0.15) is 0 Å². The molecular weight excluding hydrogens is 606 g/mol. The molecule has 2 unspecified atom stereocenters. The largest absolute Gasteiger partial charge is 0.465 e. The fourth-order valence-electron chi connectivity index (χ4n) is 6.75. The number of unbranched alkanes of at least 4 members (excludes halogenated alkanes) is 12. The molecular formula is C44H87NO4. The van der Waals surface area contributed by atoms with E-state index in [1.54, 1.807) is 0 Å². The Morgan fingerprint density at radius 3 is 1.08 bits per heavy atom. The van der Waals surface area contributed by atoms with E-state index in [0.717, 1.165) is 38.5 Å². The van der Waals surface area contributed by atoms with Gasteiger partial charge in [-0.3, -0.25) is 9.59 Å². The van der Waals surface area contributed by atoms with Crippen LogP contribution in [0.4, 0.5) is 0 Å². The van der Waals surface area contributed by atoms with Crippen molar-refractivity contribution in [1.29, 1.82) is 0 Å². The van der Waals surface area contributed by atoms with Crippen molar-refractivity contribution in [2.75, 3.05) is 27.3 Å². The molecule has 0 aliphatic carbocycles. The topological polar surface area (TPSA) is 55.8 Å². The smallest absolute Gasteiger partial charge is 0.305 e. The maximum Gasteiger partial charge on any atom is 0.305 e. The molecule has 292 valence electrons. The summed E-state index contributed by atoms with van der Waals surface area (Å²) in [5.74, 6) is 3.49. The number of carbonyl (C=O) groups is 2. The van der Waals surface area contributed by atoms with E-state index in [-0.39, 0.29) is 17.5 Å². The number of ether oxygens (including phenoxy) is 2. The summed E-state index contributed by atoms with van der Waals surface area (Å²) in [4.78, 5) is 27.0. The summed E-state index contributed by atoms with van der Waals surface area (Å²) in [7, 11) is 4.50. The summed E-state index contributed by atoms with van der Waals surface area (Å²) in [6.07, 6.45) is 25.4. The van der Waals surface area contributed by atoms with Crippen molar-refractivity contribution in [2.24, 2.45) is 35.5 Å². The van der Waals surface area contributed by atoms with E-state index < -0.39 is 0 Å². The molecule has 0 aromatic rings. The van der Waals surface area contributed by atoms with E-state index in [1.807, 2.05) is 0 Å². The van der Waals surface area contributed by atoms with Gasteiger partial charge in [0.2, 0.25) is 0 Å². The average Bonchev–Trinajstić information content (AvgIpc) is 3.02. The lowest BCUT2D eigenvalue weighted by atomic mass is 9.87. The van der Waals surface area contributed by atoms with Gasteiger partial charge in [0.05, 0.1) is 13.2 Å². The Morgan fingerprint density at radius 2 is 0.796 bits per heavy atom. The molecule has 0 saturated heterocycles. The van der Waals surface area contributed by atoms with Crippen LogP contribution in [0.3, 0.4) is 0 Å². The van der Waals surface area contributed by atoms with Gasteiger partial charge in [0.15, 0.2) is 0 Å². The molecule has 5 heteroatoms. The summed E-state index contributed by atoms with van der Waals surface area (Å²) in [5, 5.41) is 0. The lowest BCUT2D eigenvalue weighted by molar-refractivity contribution is -0.146. The van der Waals surface area contributed by atoms with E-state index in [2.05, 4.69) is 81.3 Å².